The third-order valence-electron chi connectivity index (χ3n) is 2.43. The van der Waals surface area contributed by atoms with Gasteiger partial charge in [0.05, 0.1) is 7.11 Å². The quantitative estimate of drug-likeness (QED) is 0.618. The number of anilines is 1. The Morgan fingerprint density at radius 2 is 2.15 bits per heavy atom. The molecule has 0 bridgehead atoms. The van der Waals surface area contributed by atoms with E-state index in [-0.39, 0.29) is 24.5 Å². The fourth-order valence-corrected chi connectivity index (χ4v) is 1.46. The van der Waals surface area contributed by atoms with Crippen molar-refractivity contribution >= 4 is 17.7 Å². The van der Waals surface area contributed by atoms with Crippen molar-refractivity contribution in [3.8, 4) is 5.75 Å². The van der Waals surface area contributed by atoms with Crippen molar-refractivity contribution < 1.29 is 28.9 Å². The molecule has 0 saturated carbocycles. The summed E-state index contributed by atoms with van der Waals surface area (Å²) >= 11 is 0. The standard InChI is InChI=1S/C12H15FN2O5/c1-20-10-3-2-7(6-8(10)13)14-12(19)15-9(4-5-16)11(17)18/h2-3,6,9,16H,4-5H2,1H3,(H,17,18)(H2,14,15,19)/t9-/m1/s1. The lowest BCUT2D eigenvalue weighted by Crippen LogP contribution is -2.43. The van der Waals surface area contributed by atoms with Gasteiger partial charge in [0.1, 0.15) is 6.04 Å². The average Bonchev–Trinajstić information content (AvgIpc) is 2.38. The molecule has 8 heteroatoms. The fraction of sp³-hybridized carbons (Fsp3) is 0.333. The minimum absolute atomic E-state index is 0.0275. The highest BCUT2D eigenvalue weighted by Crippen LogP contribution is 2.20. The summed E-state index contributed by atoms with van der Waals surface area (Å²) in [6, 6.07) is 1.75. The second-order valence-electron chi connectivity index (χ2n) is 3.85. The van der Waals surface area contributed by atoms with Crippen LogP contribution in [-0.2, 0) is 4.79 Å². The van der Waals surface area contributed by atoms with E-state index in [1.165, 1.54) is 19.2 Å². The third kappa shape index (κ3) is 4.39. The number of aliphatic hydroxyl groups is 1. The summed E-state index contributed by atoms with van der Waals surface area (Å²) in [6.07, 6.45) is -0.125. The van der Waals surface area contributed by atoms with Crippen LogP contribution in [0.4, 0.5) is 14.9 Å². The first kappa shape index (κ1) is 15.7. The van der Waals surface area contributed by atoms with Crippen LogP contribution in [0.3, 0.4) is 0 Å². The van der Waals surface area contributed by atoms with E-state index >= 15 is 0 Å². The molecule has 1 rings (SSSR count). The zero-order chi connectivity index (χ0) is 15.1. The van der Waals surface area contributed by atoms with Crippen LogP contribution in [0.25, 0.3) is 0 Å². The van der Waals surface area contributed by atoms with Crippen LogP contribution in [0.5, 0.6) is 5.75 Å². The maximum atomic E-state index is 13.4. The number of nitrogens with one attached hydrogen (secondary N) is 2. The van der Waals surface area contributed by atoms with Gasteiger partial charge < -0.3 is 25.6 Å². The Balaban J connectivity index is 2.66. The van der Waals surface area contributed by atoms with E-state index in [0.29, 0.717) is 0 Å². The number of urea groups is 1. The summed E-state index contributed by atoms with van der Waals surface area (Å²) in [6.45, 7) is -0.381. The first-order chi connectivity index (χ1) is 9.47. The molecular formula is C12H15FN2O5. The first-order valence-corrected chi connectivity index (χ1v) is 5.72. The lowest BCUT2D eigenvalue weighted by Gasteiger charge is -2.14. The number of benzene rings is 1. The summed E-state index contributed by atoms with van der Waals surface area (Å²) in [7, 11) is 1.31. The molecule has 0 unspecified atom stereocenters. The number of halogens is 1. The number of ether oxygens (including phenoxy) is 1. The van der Waals surface area contributed by atoms with Crippen molar-refractivity contribution in [3.05, 3.63) is 24.0 Å². The second-order valence-corrected chi connectivity index (χ2v) is 3.85. The van der Waals surface area contributed by atoms with Crippen molar-refractivity contribution in [2.24, 2.45) is 0 Å². The van der Waals surface area contributed by atoms with Gasteiger partial charge in [-0.3, -0.25) is 0 Å². The van der Waals surface area contributed by atoms with Crippen LogP contribution in [0.15, 0.2) is 18.2 Å². The minimum atomic E-state index is -1.27. The lowest BCUT2D eigenvalue weighted by molar-refractivity contribution is -0.139. The maximum Gasteiger partial charge on any atom is 0.326 e. The zero-order valence-electron chi connectivity index (χ0n) is 10.7. The molecule has 1 aromatic rings. The summed E-state index contributed by atoms with van der Waals surface area (Å²) in [5.41, 5.74) is 0.147. The number of rotatable bonds is 6. The Kier molecular flexibility index (Phi) is 5.73. The molecule has 0 radical (unpaired) electrons. The highest BCUT2D eigenvalue weighted by atomic mass is 19.1. The Hall–Kier alpha value is -2.35. The molecule has 7 nitrogen and oxygen atoms in total. The Labute approximate surface area is 114 Å². The summed E-state index contributed by atoms with van der Waals surface area (Å²) in [5.74, 6) is -1.90. The molecule has 1 aromatic carbocycles. The largest absolute Gasteiger partial charge is 0.494 e. The van der Waals surface area contributed by atoms with E-state index in [1.807, 2.05) is 0 Å². The number of carbonyl (C=O) groups excluding carboxylic acids is 1. The number of amides is 2. The number of aliphatic hydroxyl groups excluding tert-OH is 1. The second kappa shape index (κ2) is 7.29. The smallest absolute Gasteiger partial charge is 0.326 e. The van der Waals surface area contributed by atoms with Crippen LogP contribution in [0.2, 0.25) is 0 Å². The molecular weight excluding hydrogens is 271 g/mol. The molecule has 0 spiro atoms. The summed E-state index contributed by atoms with van der Waals surface area (Å²) in [4.78, 5) is 22.3. The summed E-state index contributed by atoms with van der Waals surface area (Å²) in [5, 5.41) is 21.9. The molecule has 0 aliphatic rings. The van der Waals surface area contributed by atoms with Crippen LogP contribution < -0.4 is 15.4 Å². The molecule has 0 heterocycles. The van der Waals surface area contributed by atoms with E-state index < -0.39 is 23.9 Å². The number of carboxylic acid groups (broad SMARTS) is 1. The van der Waals surface area contributed by atoms with Crippen LogP contribution in [-0.4, -0.2) is 42.0 Å². The fourth-order valence-electron chi connectivity index (χ4n) is 1.46. The van der Waals surface area contributed by atoms with E-state index in [9.17, 15) is 14.0 Å². The number of aliphatic carboxylic acids is 1. The number of methoxy groups -OCH3 is 1. The highest BCUT2D eigenvalue weighted by molar-refractivity contribution is 5.92. The van der Waals surface area contributed by atoms with Crippen LogP contribution in [0, 0.1) is 5.82 Å². The molecule has 0 aliphatic heterocycles. The van der Waals surface area contributed by atoms with Crippen molar-refractivity contribution in [3.63, 3.8) is 0 Å². The van der Waals surface area contributed by atoms with Crippen molar-refractivity contribution in [2.75, 3.05) is 19.0 Å². The SMILES string of the molecule is COc1ccc(NC(=O)N[C@H](CCO)C(=O)O)cc1F. The predicted octanol–water partition coefficient (Wildman–Crippen LogP) is 0.791. The minimum Gasteiger partial charge on any atom is -0.494 e. The number of hydrogen-bond acceptors (Lipinski definition) is 4. The molecule has 2 amide bonds. The molecule has 4 N–H and O–H groups in total. The van der Waals surface area contributed by atoms with E-state index in [0.717, 1.165) is 6.07 Å². The van der Waals surface area contributed by atoms with Gasteiger partial charge in [0, 0.05) is 24.8 Å². The van der Waals surface area contributed by atoms with E-state index in [2.05, 4.69) is 10.6 Å². The topological polar surface area (TPSA) is 108 Å². The van der Waals surface area contributed by atoms with Crippen molar-refractivity contribution in [2.45, 2.75) is 12.5 Å². The van der Waals surface area contributed by atoms with Crippen LogP contribution >= 0.6 is 0 Å². The first-order valence-electron chi connectivity index (χ1n) is 5.72. The van der Waals surface area contributed by atoms with Gasteiger partial charge in [-0.1, -0.05) is 0 Å². The van der Waals surface area contributed by atoms with Gasteiger partial charge in [-0.15, -0.1) is 0 Å². The van der Waals surface area contributed by atoms with E-state index in [1.54, 1.807) is 0 Å². The Morgan fingerprint density at radius 1 is 1.45 bits per heavy atom. The van der Waals surface area contributed by atoms with Gasteiger partial charge in [-0.2, -0.15) is 0 Å². The van der Waals surface area contributed by atoms with Gasteiger partial charge in [-0.25, -0.2) is 14.0 Å². The van der Waals surface area contributed by atoms with Gasteiger partial charge in [0.25, 0.3) is 0 Å². The zero-order valence-corrected chi connectivity index (χ0v) is 10.7. The molecule has 1 atom stereocenters. The highest BCUT2D eigenvalue weighted by Gasteiger charge is 2.19. The Bertz CT molecular complexity index is 495. The van der Waals surface area contributed by atoms with Crippen molar-refractivity contribution in [1.29, 1.82) is 0 Å². The van der Waals surface area contributed by atoms with E-state index in [4.69, 9.17) is 14.9 Å². The number of carbonyl (C=O) groups is 2. The molecule has 0 aromatic heterocycles. The molecule has 0 aliphatic carbocycles. The predicted molar refractivity (Wildman–Crippen MR) is 68.2 cm³/mol. The Morgan fingerprint density at radius 3 is 2.65 bits per heavy atom. The normalized spacial score (nSPS) is 11.6. The van der Waals surface area contributed by atoms with Crippen LogP contribution in [0.1, 0.15) is 6.42 Å². The number of hydrogen-bond donors (Lipinski definition) is 4. The number of carboxylic acids is 1. The third-order valence-corrected chi connectivity index (χ3v) is 2.43. The van der Waals surface area contributed by atoms with Gasteiger partial charge in [-0.05, 0) is 12.1 Å². The monoisotopic (exact) mass is 286 g/mol. The van der Waals surface area contributed by atoms with Crippen molar-refractivity contribution in [1.82, 2.24) is 5.32 Å². The maximum absolute atomic E-state index is 13.4. The average molecular weight is 286 g/mol. The molecule has 110 valence electrons. The van der Waals surface area contributed by atoms with Gasteiger partial charge >= 0.3 is 12.0 Å². The molecule has 0 fully saturated rings. The summed E-state index contributed by atoms with van der Waals surface area (Å²) < 4.78 is 18.1. The van der Waals surface area contributed by atoms with Gasteiger partial charge in [0.2, 0.25) is 0 Å². The molecule has 20 heavy (non-hydrogen) atoms. The molecule has 0 saturated heterocycles. The van der Waals surface area contributed by atoms with Gasteiger partial charge in [0.15, 0.2) is 11.6 Å². The lowest BCUT2D eigenvalue weighted by atomic mass is 10.2.